The molecule has 5 heteroatoms. The smallest absolute Gasteiger partial charge is 0.261 e. The maximum absolute atomic E-state index is 13.4. The average molecular weight is 407 g/mol. The first-order chi connectivity index (χ1) is 13.5. The first-order valence-electron chi connectivity index (χ1n) is 9.01. The molecule has 1 heterocycles. The number of hydrogen-bond acceptors (Lipinski definition) is 3. The second-order valence-electron chi connectivity index (χ2n) is 6.76. The number of aryl methyl sites for hydroxylation is 2. The molecule has 0 saturated carbocycles. The second-order valence-corrected chi connectivity index (χ2v) is 8.17. The molecule has 0 aliphatic carbocycles. The fourth-order valence-electron chi connectivity index (χ4n) is 3.06. The van der Waals surface area contributed by atoms with E-state index in [-0.39, 0.29) is 5.91 Å². The number of fused-ring (bicyclic) bond motifs is 1. The van der Waals surface area contributed by atoms with Gasteiger partial charge in [0.25, 0.3) is 5.91 Å². The molecule has 0 radical (unpaired) electrons. The number of halogens is 1. The molecule has 4 aromatic rings. The number of amides is 1. The number of benzene rings is 3. The van der Waals surface area contributed by atoms with Crippen LogP contribution in [-0.4, -0.2) is 10.9 Å². The number of thiazole rings is 1. The molecule has 0 unspecified atom stereocenters. The fraction of sp³-hybridized carbons (Fsp3) is 0.130. The highest BCUT2D eigenvalue weighted by Crippen LogP contribution is 2.33. The molecule has 0 aliphatic heterocycles. The van der Waals surface area contributed by atoms with Gasteiger partial charge in [-0.05, 0) is 54.8 Å². The molecule has 0 bridgehead atoms. The van der Waals surface area contributed by atoms with Crippen LogP contribution in [0.3, 0.4) is 0 Å². The third kappa shape index (κ3) is 3.66. The summed E-state index contributed by atoms with van der Waals surface area (Å²) in [6.45, 7) is 4.60. The summed E-state index contributed by atoms with van der Waals surface area (Å²) in [7, 11) is 0. The number of hydrogen-bond donors (Lipinski definition) is 0. The van der Waals surface area contributed by atoms with Crippen LogP contribution in [0.4, 0.5) is 5.13 Å². The van der Waals surface area contributed by atoms with Gasteiger partial charge in [0.15, 0.2) is 5.13 Å². The van der Waals surface area contributed by atoms with Gasteiger partial charge in [0.2, 0.25) is 0 Å². The summed E-state index contributed by atoms with van der Waals surface area (Å²) in [6, 6.07) is 21.3. The highest BCUT2D eigenvalue weighted by molar-refractivity contribution is 7.22. The summed E-state index contributed by atoms with van der Waals surface area (Å²) in [5.74, 6) is -0.151. The second kappa shape index (κ2) is 7.74. The zero-order chi connectivity index (χ0) is 19.7. The molecule has 3 nitrogen and oxygen atoms in total. The molecule has 0 atom stereocenters. The molecule has 140 valence electrons. The van der Waals surface area contributed by atoms with Gasteiger partial charge < -0.3 is 0 Å². The molecule has 28 heavy (non-hydrogen) atoms. The summed E-state index contributed by atoms with van der Waals surface area (Å²) >= 11 is 7.84. The summed E-state index contributed by atoms with van der Waals surface area (Å²) < 4.78 is 1.07. The molecule has 0 saturated heterocycles. The van der Waals surface area contributed by atoms with Crippen LogP contribution in [0.25, 0.3) is 10.2 Å². The van der Waals surface area contributed by atoms with Crippen LogP contribution in [-0.2, 0) is 6.54 Å². The monoisotopic (exact) mass is 406 g/mol. The van der Waals surface area contributed by atoms with E-state index in [1.807, 2.05) is 42.5 Å². The van der Waals surface area contributed by atoms with Crippen molar-refractivity contribution in [3.8, 4) is 0 Å². The number of carbonyl (C=O) groups excluding carboxylic acids is 1. The van der Waals surface area contributed by atoms with Gasteiger partial charge in [0, 0.05) is 0 Å². The molecular formula is C23H19ClN2OS. The van der Waals surface area contributed by atoms with Crippen LogP contribution in [0, 0.1) is 13.8 Å². The number of nitrogens with zero attached hydrogens (tertiary/aromatic N) is 2. The van der Waals surface area contributed by atoms with E-state index in [4.69, 9.17) is 16.6 Å². The Kier molecular flexibility index (Phi) is 5.16. The molecule has 0 N–H and O–H groups in total. The Morgan fingerprint density at radius 3 is 2.43 bits per heavy atom. The Morgan fingerprint density at radius 2 is 1.68 bits per heavy atom. The Morgan fingerprint density at radius 1 is 1.00 bits per heavy atom. The van der Waals surface area contributed by atoms with Crippen LogP contribution in [0.1, 0.15) is 27.0 Å². The van der Waals surface area contributed by atoms with E-state index in [2.05, 4.69) is 26.0 Å². The zero-order valence-corrected chi connectivity index (χ0v) is 17.2. The van der Waals surface area contributed by atoms with Crippen LogP contribution in [0.5, 0.6) is 0 Å². The molecule has 0 fully saturated rings. The van der Waals surface area contributed by atoms with Gasteiger partial charge in [-0.25, -0.2) is 4.98 Å². The maximum Gasteiger partial charge on any atom is 0.261 e. The lowest BCUT2D eigenvalue weighted by atomic mass is 10.1. The third-order valence-electron chi connectivity index (χ3n) is 4.76. The van der Waals surface area contributed by atoms with Gasteiger partial charge >= 0.3 is 0 Å². The normalized spacial score (nSPS) is 11.0. The molecule has 3 aromatic carbocycles. The summed E-state index contributed by atoms with van der Waals surface area (Å²) in [4.78, 5) is 19.9. The van der Waals surface area contributed by atoms with Crippen molar-refractivity contribution in [2.75, 3.05) is 4.90 Å². The van der Waals surface area contributed by atoms with Gasteiger partial charge in [0.05, 0.1) is 27.3 Å². The predicted molar refractivity (Wildman–Crippen MR) is 118 cm³/mol. The molecule has 0 aliphatic rings. The SMILES string of the molecule is Cc1cc2nc(N(Cc3ccccc3)C(=O)c3ccccc3Cl)sc2cc1C. The predicted octanol–water partition coefficient (Wildman–Crippen LogP) is 6.41. The van der Waals surface area contributed by atoms with E-state index in [0.717, 1.165) is 15.8 Å². The Balaban J connectivity index is 1.81. The van der Waals surface area contributed by atoms with Crippen LogP contribution in [0.2, 0.25) is 5.02 Å². The maximum atomic E-state index is 13.4. The van der Waals surface area contributed by atoms with E-state index in [9.17, 15) is 4.79 Å². The van der Waals surface area contributed by atoms with Crippen molar-refractivity contribution in [3.63, 3.8) is 0 Å². The topological polar surface area (TPSA) is 33.2 Å². The fourth-order valence-corrected chi connectivity index (χ4v) is 4.32. The van der Waals surface area contributed by atoms with E-state index < -0.39 is 0 Å². The van der Waals surface area contributed by atoms with Gasteiger partial charge in [-0.2, -0.15) is 0 Å². The minimum atomic E-state index is -0.151. The van der Waals surface area contributed by atoms with Crippen molar-refractivity contribution in [1.82, 2.24) is 4.98 Å². The average Bonchev–Trinajstić information content (AvgIpc) is 3.09. The van der Waals surface area contributed by atoms with Crippen molar-refractivity contribution in [1.29, 1.82) is 0 Å². The van der Waals surface area contributed by atoms with Gasteiger partial charge in [-0.15, -0.1) is 0 Å². The molecule has 1 amide bonds. The van der Waals surface area contributed by atoms with Gasteiger partial charge in [-0.3, -0.25) is 9.69 Å². The molecule has 4 rings (SSSR count). The lowest BCUT2D eigenvalue weighted by Crippen LogP contribution is -2.30. The van der Waals surface area contributed by atoms with Gasteiger partial charge in [-0.1, -0.05) is 65.4 Å². The number of anilines is 1. The lowest BCUT2D eigenvalue weighted by Gasteiger charge is -2.20. The van der Waals surface area contributed by atoms with E-state index in [1.165, 1.54) is 22.5 Å². The Bertz CT molecular complexity index is 1110. The van der Waals surface area contributed by atoms with Crippen molar-refractivity contribution in [2.24, 2.45) is 0 Å². The summed E-state index contributed by atoms with van der Waals surface area (Å²) in [5.41, 5.74) is 4.83. The molecule has 0 spiro atoms. The number of carbonyl (C=O) groups is 1. The molecule has 1 aromatic heterocycles. The Hall–Kier alpha value is -2.69. The first-order valence-corrected chi connectivity index (χ1v) is 10.2. The summed E-state index contributed by atoms with van der Waals surface area (Å²) in [5, 5.41) is 1.12. The van der Waals surface area contributed by atoms with Crippen LogP contribution >= 0.6 is 22.9 Å². The van der Waals surface area contributed by atoms with Crippen LogP contribution in [0.15, 0.2) is 66.7 Å². The van der Waals surface area contributed by atoms with Crippen LogP contribution < -0.4 is 4.90 Å². The minimum absolute atomic E-state index is 0.151. The minimum Gasteiger partial charge on any atom is -0.279 e. The Labute approximate surface area is 173 Å². The first kappa shape index (κ1) is 18.7. The third-order valence-corrected chi connectivity index (χ3v) is 6.13. The van der Waals surface area contributed by atoms with E-state index in [1.54, 1.807) is 17.0 Å². The van der Waals surface area contributed by atoms with Crippen molar-refractivity contribution >= 4 is 44.2 Å². The lowest BCUT2D eigenvalue weighted by molar-refractivity contribution is 0.0985. The van der Waals surface area contributed by atoms with Crippen molar-refractivity contribution in [3.05, 3.63) is 94.0 Å². The zero-order valence-electron chi connectivity index (χ0n) is 15.6. The largest absolute Gasteiger partial charge is 0.279 e. The highest BCUT2D eigenvalue weighted by atomic mass is 35.5. The van der Waals surface area contributed by atoms with Crippen molar-refractivity contribution < 1.29 is 4.79 Å². The number of rotatable bonds is 4. The van der Waals surface area contributed by atoms with Gasteiger partial charge in [0.1, 0.15) is 0 Å². The standard InChI is InChI=1S/C23H19ClN2OS/c1-15-12-20-21(13-16(15)2)28-23(25-20)26(14-17-8-4-3-5-9-17)22(27)18-10-6-7-11-19(18)24/h3-13H,14H2,1-2H3. The quantitative estimate of drug-likeness (QED) is 0.392. The highest BCUT2D eigenvalue weighted by Gasteiger charge is 2.23. The molecular weight excluding hydrogens is 388 g/mol. The number of aromatic nitrogens is 1. The van der Waals surface area contributed by atoms with E-state index in [0.29, 0.717) is 22.3 Å². The van der Waals surface area contributed by atoms with Crippen molar-refractivity contribution in [2.45, 2.75) is 20.4 Å². The van der Waals surface area contributed by atoms with E-state index >= 15 is 0 Å². The summed E-state index contributed by atoms with van der Waals surface area (Å²) in [6.07, 6.45) is 0.